The first kappa shape index (κ1) is 24.5. The molecule has 0 radical (unpaired) electrons. The minimum Gasteiger partial charge on any atom is -0.388 e. The number of unbranched alkanes of at least 4 members (excludes halogenated alkanes) is 1. The lowest BCUT2D eigenvalue weighted by atomic mass is 9.84. The highest BCUT2D eigenvalue weighted by Crippen LogP contribution is 2.28. The van der Waals surface area contributed by atoms with Crippen LogP contribution in [-0.2, 0) is 4.79 Å². The summed E-state index contributed by atoms with van der Waals surface area (Å²) in [6.07, 6.45) is 7.80. The van der Waals surface area contributed by atoms with Crippen LogP contribution in [0.5, 0.6) is 0 Å². The van der Waals surface area contributed by atoms with Crippen molar-refractivity contribution in [3.8, 4) is 6.07 Å². The highest BCUT2D eigenvalue weighted by molar-refractivity contribution is 5.76. The van der Waals surface area contributed by atoms with Gasteiger partial charge in [-0.25, -0.2) is 0 Å². The number of rotatable bonds is 10. The zero-order valence-electron chi connectivity index (χ0n) is 19.6. The molecule has 2 N–H and O–H groups in total. The van der Waals surface area contributed by atoms with Crippen LogP contribution < -0.4 is 10.2 Å². The van der Waals surface area contributed by atoms with Crippen LogP contribution in [0.15, 0.2) is 24.3 Å². The smallest absolute Gasteiger partial charge is 0.220 e. The molecule has 1 amide bonds. The Kier molecular flexibility index (Phi) is 9.83. The SMILES string of the molecule is CCC(O)c1cccc(N2CCN(CCC3CCC(NC(=O)CCCC#N)CC3)CC2)c1. The zero-order chi connectivity index (χ0) is 22.8. The maximum absolute atomic E-state index is 12.0. The Labute approximate surface area is 193 Å². The number of aliphatic hydroxyl groups is 1. The third kappa shape index (κ3) is 7.50. The third-order valence-corrected chi connectivity index (χ3v) is 7.14. The summed E-state index contributed by atoms with van der Waals surface area (Å²) in [4.78, 5) is 17.0. The highest BCUT2D eigenvalue weighted by Gasteiger charge is 2.24. The molecule has 3 rings (SSSR count). The van der Waals surface area contributed by atoms with Crippen LogP contribution in [0.25, 0.3) is 0 Å². The van der Waals surface area contributed by atoms with Gasteiger partial charge in [0.25, 0.3) is 0 Å². The van der Waals surface area contributed by atoms with E-state index in [-0.39, 0.29) is 12.0 Å². The molecule has 1 aromatic carbocycles. The van der Waals surface area contributed by atoms with E-state index in [0.717, 1.165) is 63.5 Å². The number of aliphatic hydroxyl groups excluding tert-OH is 1. The Bertz CT molecular complexity index is 746. The van der Waals surface area contributed by atoms with Crippen molar-refractivity contribution in [3.05, 3.63) is 29.8 Å². The van der Waals surface area contributed by atoms with Crippen molar-refractivity contribution in [2.45, 2.75) is 76.9 Å². The summed E-state index contributed by atoms with van der Waals surface area (Å²) in [5, 5.41) is 21.9. The second-order valence-electron chi connectivity index (χ2n) is 9.43. The third-order valence-electron chi connectivity index (χ3n) is 7.14. The summed E-state index contributed by atoms with van der Waals surface area (Å²) in [7, 11) is 0. The maximum atomic E-state index is 12.0. The van der Waals surface area contributed by atoms with E-state index < -0.39 is 0 Å². The van der Waals surface area contributed by atoms with Gasteiger partial charge in [0.05, 0.1) is 12.2 Å². The fourth-order valence-electron chi connectivity index (χ4n) is 4.98. The standard InChI is InChI=1S/C26H40N4O2/c1-2-25(31)22-6-5-7-24(20-22)30-18-16-29(17-19-30)15-13-21-9-11-23(12-10-21)28-26(32)8-3-4-14-27/h5-7,20-21,23,25,31H,2-4,8-13,15-19H2,1H3,(H,28,32). The van der Waals surface area contributed by atoms with Crippen LogP contribution in [0.3, 0.4) is 0 Å². The van der Waals surface area contributed by atoms with Crippen molar-refractivity contribution in [2.75, 3.05) is 37.6 Å². The fraction of sp³-hybridized carbons (Fsp3) is 0.692. The van der Waals surface area contributed by atoms with Crippen molar-refractivity contribution in [2.24, 2.45) is 5.92 Å². The topological polar surface area (TPSA) is 79.6 Å². The summed E-state index contributed by atoms with van der Waals surface area (Å²) in [6, 6.07) is 10.8. The highest BCUT2D eigenvalue weighted by atomic mass is 16.3. The molecule has 1 heterocycles. The predicted octanol–water partition coefficient (Wildman–Crippen LogP) is 4.01. The summed E-state index contributed by atoms with van der Waals surface area (Å²) in [5.74, 6) is 0.878. The molecule has 1 saturated carbocycles. The van der Waals surface area contributed by atoms with Crippen LogP contribution in [0, 0.1) is 17.2 Å². The Morgan fingerprint density at radius 2 is 1.97 bits per heavy atom. The molecule has 6 heteroatoms. The normalized spacial score (nSPS) is 22.8. The molecule has 1 saturated heterocycles. The molecule has 176 valence electrons. The first-order chi connectivity index (χ1) is 15.6. The summed E-state index contributed by atoms with van der Waals surface area (Å²) >= 11 is 0. The van der Waals surface area contributed by atoms with E-state index in [2.05, 4.69) is 39.4 Å². The second-order valence-corrected chi connectivity index (χ2v) is 9.43. The van der Waals surface area contributed by atoms with Gasteiger partial charge < -0.3 is 15.3 Å². The van der Waals surface area contributed by atoms with Gasteiger partial charge >= 0.3 is 0 Å². The van der Waals surface area contributed by atoms with E-state index in [4.69, 9.17) is 5.26 Å². The molecule has 1 aromatic rings. The van der Waals surface area contributed by atoms with E-state index in [1.807, 2.05) is 13.0 Å². The van der Waals surface area contributed by atoms with Crippen LogP contribution in [0.4, 0.5) is 5.69 Å². The molecule has 1 atom stereocenters. The molecule has 2 aliphatic rings. The maximum Gasteiger partial charge on any atom is 0.220 e. The molecule has 2 fully saturated rings. The number of carbonyl (C=O) groups excluding carboxylic acids is 1. The number of piperazine rings is 1. The lowest BCUT2D eigenvalue weighted by Crippen LogP contribution is -2.47. The number of benzene rings is 1. The number of amides is 1. The molecule has 32 heavy (non-hydrogen) atoms. The van der Waals surface area contributed by atoms with Crippen molar-refractivity contribution >= 4 is 11.6 Å². The molecule has 1 unspecified atom stereocenters. The number of anilines is 1. The van der Waals surface area contributed by atoms with Crippen molar-refractivity contribution in [3.63, 3.8) is 0 Å². The van der Waals surface area contributed by atoms with Crippen LogP contribution in [0.1, 0.15) is 76.4 Å². The van der Waals surface area contributed by atoms with Crippen LogP contribution >= 0.6 is 0 Å². The zero-order valence-corrected chi connectivity index (χ0v) is 19.6. The predicted molar refractivity (Wildman–Crippen MR) is 128 cm³/mol. The summed E-state index contributed by atoms with van der Waals surface area (Å²) in [6.45, 7) is 7.44. The average Bonchev–Trinajstić information content (AvgIpc) is 2.83. The van der Waals surface area contributed by atoms with Gasteiger partial charge in [-0.2, -0.15) is 5.26 Å². The van der Waals surface area contributed by atoms with Crippen molar-refractivity contribution < 1.29 is 9.90 Å². The van der Waals surface area contributed by atoms with Gasteiger partial charge in [-0.05, 0) is 75.1 Å². The van der Waals surface area contributed by atoms with Gasteiger partial charge in [0.2, 0.25) is 5.91 Å². The van der Waals surface area contributed by atoms with E-state index >= 15 is 0 Å². The molecule has 1 aliphatic carbocycles. The Morgan fingerprint density at radius 1 is 1.22 bits per heavy atom. The van der Waals surface area contributed by atoms with Crippen molar-refractivity contribution in [1.29, 1.82) is 5.26 Å². The molecular formula is C26H40N4O2. The largest absolute Gasteiger partial charge is 0.388 e. The monoisotopic (exact) mass is 440 g/mol. The first-order valence-corrected chi connectivity index (χ1v) is 12.5. The second kappa shape index (κ2) is 12.8. The first-order valence-electron chi connectivity index (χ1n) is 12.5. The summed E-state index contributed by atoms with van der Waals surface area (Å²) < 4.78 is 0. The van der Waals surface area contributed by atoms with Gasteiger partial charge in [-0.15, -0.1) is 0 Å². The molecule has 6 nitrogen and oxygen atoms in total. The lowest BCUT2D eigenvalue weighted by Gasteiger charge is -2.37. The molecule has 0 spiro atoms. The molecule has 0 bridgehead atoms. The van der Waals surface area contributed by atoms with Crippen LogP contribution in [-0.4, -0.2) is 54.7 Å². The van der Waals surface area contributed by atoms with Gasteiger partial charge in [-0.1, -0.05) is 19.1 Å². The van der Waals surface area contributed by atoms with Gasteiger partial charge in [0, 0.05) is 50.7 Å². The van der Waals surface area contributed by atoms with E-state index in [9.17, 15) is 9.90 Å². The number of nitrogens with one attached hydrogen (secondary N) is 1. The molecular weight excluding hydrogens is 400 g/mol. The quantitative estimate of drug-likeness (QED) is 0.538. The van der Waals surface area contributed by atoms with E-state index in [1.165, 1.54) is 24.9 Å². The van der Waals surface area contributed by atoms with E-state index in [1.54, 1.807) is 0 Å². The Hall–Kier alpha value is -2.10. The molecule has 1 aliphatic heterocycles. The summed E-state index contributed by atoms with van der Waals surface area (Å²) in [5.41, 5.74) is 2.24. The van der Waals surface area contributed by atoms with Gasteiger partial charge in [-0.3, -0.25) is 9.69 Å². The number of nitriles is 1. The number of hydrogen-bond donors (Lipinski definition) is 2. The number of carbonyl (C=O) groups is 1. The van der Waals surface area contributed by atoms with Crippen LogP contribution in [0.2, 0.25) is 0 Å². The van der Waals surface area contributed by atoms with Gasteiger partial charge in [0.1, 0.15) is 0 Å². The Morgan fingerprint density at radius 3 is 2.66 bits per heavy atom. The van der Waals surface area contributed by atoms with Crippen molar-refractivity contribution in [1.82, 2.24) is 10.2 Å². The Balaban J connectivity index is 1.32. The minimum absolute atomic E-state index is 0.108. The van der Waals surface area contributed by atoms with E-state index in [0.29, 0.717) is 25.3 Å². The minimum atomic E-state index is -0.372. The number of nitrogens with zero attached hydrogens (tertiary/aromatic N) is 3. The number of hydrogen-bond acceptors (Lipinski definition) is 5. The molecule has 0 aromatic heterocycles. The average molecular weight is 441 g/mol. The van der Waals surface area contributed by atoms with Gasteiger partial charge in [0.15, 0.2) is 0 Å². The fourth-order valence-corrected chi connectivity index (χ4v) is 4.98. The lowest BCUT2D eigenvalue weighted by molar-refractivity contribution is -0.122.